The average molecular weight is 373 g/mol. The fraction of sp³-hybridized carbons (Fsp3) is 0.273. The molecule has 0 spiro atoms. The molecule has 0 unspecified atom stereocenters. The number of aromatic nitrogens is 3. The Labute approximate surface area is 164 Å². The largest absolute Gasteiger partial charge is 0.368 e. The molecule has 0 radical (unpaired) electrons. The summed E-state index contributed by atoms with van der Waals surface area (Å²) < 4.78 is 0. The summed E-state index contributed by atoms with van der Waals surface area (Å²) in [6, 6.07) is 13.0. The highest BCUT2D eigenvalue weighted by molar-refractivity contribution is 6.07. The number of hydrogen-bond donors (Lipinski definition) is 2. The van der Waals surface area contributed by atoms with Crippen molar-refractivity contribution in [3.8, 4) is 0 Å². The summed E-state index contributed by atoms with van der Waals surface area (Å²) in [4.78, 5) is 16.9. The van der Waals surface area contributed by atoms with E-state index in [1.54, 1.807) is 18.3 Å². The summed E-state index contributed by atoms with van der Waals surface area (Å²) in [6.07, 6.45) is 10.1. The van der Waals surface area contributed by atoms with E-state index in [-0.39, 0.29) is 11.6 Å². The molecular formula is C22H23N5O. The number of nitrogens with zero attached hydrogens (tertiary/aromatic N) is 3. The van der Waals surface area contributed by atoms with Crippen LogP contribution < -0.4 is 10.6 Å². The zero-order valence-electron chi connectivity index (χ0n) is 15.7. The molecule has 1 aromatic carbocycles. The summed E-state index contributed by atoms with van der Waals surface area (Å²) in [7, 11) is 0. The van der Waals surface area contributed by atoms with Crippen molar-refractivity contribution in [1.82, 2.24) is 15.2 Å². The molecule has 0 bridgehead atoms. The molecule has 6 heteroatoms. The van der Waals surface area contributed by atoms with Crippen LogP contribution in [0.3, 0.4) is 0 Å². The molecule has 0 fully saturated rings. The zero-order valence-corrected chi connectivity index (χ0v) is 15.7. The molecule has 1 amide bonds. The van der Waals surface area contributed by atoms with Crippen LogP contribution >= 0.6 is 0 Å². The molecule has 3 aromatic rings. The van der Waals surface area contributed by atoms with Crippen molar-refractivity contribution in [2.45, 2.75) is 32.1 Å². The second-order valence-electron chi connectivity index (χ2n) is 6.92. The van der Waals surface area contributed by atoms with Crippen LogP contribution in [0.15, 0.2) is 60.3 Å². The third-order valence-electron chi connectivity index (χ3n) is 4.92. The Hall–Kier alpha value is -3.28. The van der Waals surface area contributed by atoms with Gasteiger partial charge in [0.1, 0.15) is 5.82 Å². The van der Waals surface area contributed by atoms with E-state index >= 15 is 0 Å². The number of carbonyl (C=O) groups excluding carboxylic acids is 1. The van der Waals surface area contributed by atoms with Crippen molar-refractivity contribution in [2.24, 2.45) is 0 Å². The lowest BCUT2D eigenvalue weighted by atomic mass is 9.97. The highest BCUT2D eigenvalue weighted by atomic mass is 16.1. The maximum atomic E-state index is 12.5. The molecule has 6 nitrogen and oxygen atoms in total. The number of allylic oxidation sites excluding steroid dienone is 1. The van der Waals surface area contributed by atoms with E-state index in [1.807, 2.05) is 30.3 Å². The van der Waals surface area contributed by atoms with Gasteiger partial charge >= 0.3 is 0 Å². The monoisotopic (exact) mass is 373 g/mol. The van der Waals surface area contributed by atoms with Crippen LogP contribution in [0.25, 0.3) is 10.9 Å². The molecule has 2 N–H and O–H groups in total. The lowest BCUT2D eigenvalue weighted by Gasteiger charge is -2.13. The Morgan fingerprint density at radius 1 is 1.04 bits per heavy atom. The van der Waals surface area contributed by atoms with Gasteiger partial charge < -0.3 is 10.6 Å². The molecule has 1 aliphatic carbocycles. The topological polar surface area (TPSA) is 79.8 Å². The van der Waals surface area contributed by atoms with Crippen molar-refractivity contribution < 1.29 is 4.79 Å². The Bertz CT molecular complexity index is 992. The maximum absolute atomic E-state index is 12.5. The first-order valence-corrected chi connectivity index (χ1v) is 9.70. The standard InChI is InChI=1S/C22H23N5O/c28-22(25-18-10-4-8-17-9-5-14-24-21(17)18)19-11-12-20(27-26-19)23-15-13-16-6-2-1-3-7-16/h4-6,8-12,14H,1-3,7,13,15H2,(H,23,27)(H,25,28). The second-order valence-corrected chi connectivity index (χ2v) is 6.92. The first-order valence-electron chi connectivity index (χ1n) is 9.70. The first-order chi connectivity index (χ1) is 13.8. The SMILES string of the molecule is O=C(Nc1cccc2cccnc12)c1ccc(NCCC2=CCCCC2)nn1. The Morgan fingerprint density at radius 3 is 2.79 bits per heavy atom. The Morgan fingerprint density at radius 2 is 1.96 bits per heavy atom. The number of nitrogens with one attached hydrogen (secondary N) is 2. The maximum Gasteiger partial charge on any atom is 0.276 e. The van der Waals surface area contributed by atoms with Gasteiger partial charge in [0.25, 0.3) is 5.91 Å². The van der Waals surface area contributed by atoms with E-state index in [0.717, 1.165) is 23.9 Å². The van der Waals surface area contributed by atoms with Crippen molar-refractivity contribution in [2.75, 3.05) is 17.2 Å². The van der Waals surface area contributed by atoms with Crippen molar-refractivity contribution in [1.29, 1.82) is 0 Å². The summed E-state index contributed by atoms with van der Waals surface area (Å²) in [6.45, 7) is 0.827. The summed E-state index contributed by atoms with van der Waals surface area (Å²) in [5.74, 6) is 0.379. The lowest BCUT2D eigenvalue weighted by Crippen LogP contribution is -2.15. The smallest absolute Gasteiger partial charge is 0.276 e. The third kappa shape index (κ3) is 4.34. The molecule has 2 aromatic heterocycles. The van der Waals surface area contributed by atoms with E-state index in [4.69, 9.17) is 0 Å². The van der Waals surface area contributed by atoms with Crippen LogP contribution in [-0.4, -0.2) is 27.6 Å². The number of rotatable bonds is 6. The fourth-order valence-electron chi connectivity index (χ4n) is 3.42. The number of hydrogen-bond acceptors (Lipinski definition) is 5. The lowest BCUT2D eigenvalue weighted by molar-refractivity contribution is 0.102. The van der Waals surface area contributed by atoms with Crippen molar-refractivity contribution in [3.05, 3.63) is 66.0 Å². The van der Waals surface area contributed by atoms with Gasteiger partial charge in [-0.3, -0.25) is 9.78 Å². The summed E-state index contributed by atoms with van der Waals surface area (Å²) in [5.41, 5.74) is 3.20. The number of anilines is 2. The molecule has 0 atom stereocenters. The van der Waals surface area contributed by atoms with Crippen LogP contribution in [0.5, 0.6) is 0 Å². The molecule has 0 aliphatic heterocycles. The number of amides is 1. The van der Waals surface area contributed by atoms with Crippen molar-refractivity contribution >= 4 is 28.3 Å². The van der Waals surface area contributed by atoms with Gasteiger partial charge in [-0.05, 0) is 56.4 Å². The number of benzene rings is 1. The molecule has 0 saturated carbocycles. The molecule has 28 heavy (non-hydrogen) atoms. The molecule has 0 saturated heterocycles. The van der Waals surface area contributed by atoms with Crippen LogP contribution in [-0.2, 0) is 0 Å². The van der Waals surface area contributed by atoms with Gasteiger partial charge in [-0.15, -0.1) is 10.2 Å². The molecule has 2 heterocycles. The van der Waals surface area contributed by atoms with Gasteiger partial charge in [-0.2, -0.15) is 0 Å². The van der Waals surface area contributed by atoms with Gasteiger partial charge in [-0.25, -0.2) is 0 Å². The van der Waals surface area contributed by atoms with Gasteiger partial charge in [0.15, 0.2) is 5.69 Å². The number of carbonyl (C=O) groups is 1. The zero-order chi connectivity index (χ0) is 19.2. The fourth-order valence-corrected chi connectivity index (χ4v) is 3.42. The van der Waals surface area contributed by atoms with E-state index in [1.165, 1.54) is 31.3 Å². The van der Waals surface area contributed by atoms with Crippen LogP contribution in [0.2, 0.25) is 0 Å². The van der Waals surface area contributed by atoms with E-state index in [2.05, 4.69) is 31.9 Å². The van der Waals surface area contributed by atoms with Gasteiger partial charge in [0.05, 0.1) is 11.2 Å². The Kier molecular flexibility index (Phi) is 5.56. The van der Waals surface area contributed by atoms with Gasteiger partial charge in [0, 0.05) is 18.1 Å². The van der Waals surface area contributed by atoms with E-state index < -0.39 is 0 Å². The average Bonchev–Trinajstić information content (AvgIpc) is 2.75. The molecule has 1 aliphatic rings. The van der Waals surface area contributed by atoms with Crippen molar-refractivity contribution in [3.63, 3.8) is 0 Å². The molecule has 142 valence electrons. The predicted molar refractivity (Wildman–Crippen MR) is 111 cm³/mol. The molecule has 4 rings (SSSR count). The van der Waals surface area contributed by atoms with E-state index in [9.17, 15) is 4.79 Å². The number of pyridine rings is 1. The third-order valence-corrected chi connectivity index (χ3v) is 4.92. The number of fused-ring (bicyclic) bond motifs is 1. The summed E-state index contributed by atoms with van der Waals surface area (Å²) in [5, 5.41) is 15.3. The van der Waals surface area contributed by atoms with Crippen LogP contribution in [0.1, 0.15) is 42.6 Å². The Balaban J connectivity index is 1.36. The van der Waals surface area contributed by atoms with Gasteiger partial charge in [-0.1, -0.05) is 29.8 Å². The minimum Gasteiger partial charge on any atom is -0.368 e. The quantitative estimate of drug-likeness (QED) is 0.618. The highest BCUT2D eigenvalue weighted by Gasteiger charge is 2.11. The van der Waals surface area contributed by atoms with Crippen LogP contribution in [0.4, 0.5) is 11.5 Å². The first kappa shape index (κ1) is 18.1. The van der Waals surface area contributed by atoms with Crippen LogP contribution in [0, 0.1) is 0 Å². The highest BCUT2D eigenvalue weighted by Crippen LogP contribution is 2.21. The minimum atomic E-state index is -0.301. The predicted octanol–water partition coefficient (Wildman–Crippen LogP) is 4.58. The number of para-hydroxylation sites is 1. The molecular weight excluding hydrogens is 350 g/mol. The second kappa shape index (κ2) is 8.61. The van der Waals surface area contributed by atoms with Gasteiger partial charge in [0.2, 0.25) is 0 Å². The van der Waals surface area contributed by atoms with E-state index in [0.29, 0.717) is 11.5 Å². The minimum absolute atomic E-state index is 0.272. The normalized spacial score (nSPS) is 13.8. The summed E-state index contributed by atoms with van der Waals surface area (Å²) >= 11 is 0.